The van der Waals surface area contributed by atoms with Gasteiger partial charge in [-0.15, -0.1) is 0 Å². The molecule has 1 aromatic heterocycles. The van der Waals surface area contributed by atoms with E-state index in [4.69, 9.17) is 4.42 Å². The Morgan fingerprint density at radius 3 is 2.80 bits per heavy atom. The molecule has 0 aliphatic rings. The standard InChI is InChI=1S/C13H14N2O4S/c1-20-8-11-4-3-10(19-11)7-14-12-5-2-9(16)6-13(12)15(17)18/h2-6,14,16H,7-8H2,1H3. The van der Waals surface area contributed by atoms with Gasteiger partial charge in [-0.1, -0.05) is 0 Å². The third-order valence-electron chi connectivity index (χ3n) is 2.63. The van der Waals surface area contributed by atoms with Crippen molar-refractivity contribution in [2.75, 3.05) is 11.6 Å². The number of hydrogen-bond acceptors (Lipinski definition) is 6. The van der Waals surface area contributed by atoms with Crippen molar-refractivity contribution in [1.29, 1.82) is 0 Å². The predicted octanol–water partition coefficient (Wildman–Crippen LogP) is 3.37. The van der Waals surface area contributed by atoms with Crippen LogP contribution in [0.15, 0.2) is 34.7 Å². The highest BCUT2D eigenvalue weighted by molar-refractivity contribution is 7.97. The number of aromatic hydroxyl groups is 1. The fourth-order valence-electron chi connectivity index (χ4n) is 1.74. The Kier molecular flexibility index (Phi) is 4.52. The van der Waals surface area contributed by atoms with E-state index in [0.29, 0.717) is 18.0 Å². The van der Waals surface area contributed by atoms with Crippen LogP contribution in [0.5, 0.6) is 5.75 Å². The minimum absolute atomic E-state index is 0.137. The van der Waals surface area contributed by atoms with Gasteiger partial charge in [-0.2, -0.15) is 11.8 Å². The maximum absolute atomic E-state index is 10.9. The molecule has 0 fully saturated rings. The smallest absolute Gasteiger partial charge is 0.296 e. The Labute approximate surface area is 119 Å². The SMILES string of the molecule is CSCc1ccc(CNc2ccc(O)cc2[N+](=O)[O-])o1. The van der Waals surface area contributed by atoms with E-state index >= 15 is 0 Å². The third-order valence-corrected chi connectivity index (χ3v) is 3.21. The molecule has 0 amide bonds. The van der Waals surface area contributed by atoms with E-state index in [0.717, 1.165) is 17.6 Å². The van der Waals surface area contributed by atoms with Gasteiger partial charge in [0.05, 0.1) is 23.3 Å². The Balaban J connectivity index is 2.08. The molecule has 0 saturated heterocycles. The zero-order valence-corrected chi connectivity index (χ0v) is 11.6. The first-order chi connectivity index (χ1) is 9.60. The second-order valence-electron chi connectivity index (χ2n) is 4.11. The quantitative estimate of drug-likeness (QED) is 0.482. The summed E-state index contributed by atoms with van der Waals surface area (Å²) < 4.78 is 5.57. The number of nitrogens with zero attached hydrogens (tertiary/aromatic N) is 1. The number of benzene rings is 1. The summed E-state index contributed by atoms with van der Waals surface area (Å²) in [6.45, 7) is 0.347. The van der Waals surface area contributed by atoms with Gasteiger partial charge in [0.25, 0.3) is 5.69 Å². The number of phenolic OH excluding ortho intramolecular Hbond substituents is 1. The van der Waals surface area contributed by atoms with Gasteiger partial charge in [0.15, 0.2) is 0 Å². The molecule has 2 rings (SSSR count). The number of furan rings is 1. The van der Waals surface area contributed by atoms with Gasteiger partial charge < -0.3 is 14.8 Å². The molecule has 2 N–H and O–H groups in total. The summed E-state index contributed by atoms with van der Waals surface area (Å²) in [5.74, 6) is 2.23. The van der Waals surface area contributed by atoms with E-state index in [-0.39, 0.29) is 11.4 Å². The Morgan fingerprint density at radius 1 is 1.35 bits per heavy atom. The summed E-state index contributed by atoms with van der Waals surface area (Å²) in [6.07, 6.45) is 1.99. The molecule has 0 saturated carbocycles. The van der Waals surface area contributed by atoms with E-state index in [1.54, 1.807) is 11.8 Å². The summed E-state index contributed by atoms with van der Waals surface area (Å²) in [7, 11) is 0. The van der Waals surface area contributed by atoms with Crippen LogP contribution in [-0.2, 0) is 12.3 Å². The van der Waals surface area contributed by atoms with Gasteiger partial charge in [-0.05, 0) is 30.5 Å². The molecule has 0 unspecified atom stereocenters. The Morgan fingerprint density at radius 2 is 2.10 bits per heavy atom. The van der Waals surface area contributed by atoms with Crippen molar-refractivity contribution in [3.8, 4) is 5.75 Å². The van der Waals surface area contributed by atoms with E-state index in [1.165, 1.54) is 12.1 Å². The van der Waals surface area contributed by atoms with Crippen LogP contribution in [0.1, 0.15) is 11.5 Å². The van der Waals surface area contributed by atoms with Crippen molar-refractivity contribution in [2.24, 2.45) is 0 Å². The topological polar surface area (TPSA) is 88.5 Å². The summed E-state index contributed by atoms with van der Waals surface area (Å²) in [5, 5.41) is 23.1. The van der Waals surface area contributed by atoms with Crippen LogP contribution < -0.4 is 5.32 Å². The van der Waals surface area contributed by atoms with Crippen LogP contribution in [-0.4, -0.2) is 16.3 Å². The van der Waals surface area contributed by atoms with Gasteiger partial charge in [-0.25, -0.2) is 0 Å². The van der Waals surface area contributed by atoms with E-state index in [2.05, 4.69) is 5.32 Å². The second kappa shape index (κ2) is 6.33. The Hall–Kier alpha value is -2.15. The first-order valence-electron chi connectivity index (χ1n) is 5.88. The van der Waals surface area contributed by atoms with Crippen molar-refractivity contribution in [2.45, 2.75) is 12.3 Å². The summed E-state index contributed by atoms with van der Waals surface area (Å²) >= 11 is 1.66. The lowest BCUT2D eigenvalue weighted by Crippen LogP contribution is -2.01. The average molecular weight is 294 g/mol. The molecule has 0 radical (unpaired) electrons. The number of anilines is 1. The van der Waals surface area contributed by atoms with E-state index < -0.39 is 4.92 Å². The molecule has 0 bridgehead atoms. The molecule has 2 aromatic rings. The summed E-state index contributed by atoms with van der Waals surface area (Å²) in [4.78, 5) is 10.4. The van der Waals surface area contributed by atoms with Crippen molar-refractivity contribution >= 4 is 23.1 Å². The molecule has 6 nitrogen and oxygen atoms in total. The number of rotatable bonds is 6. The van der Waals surface area contributed by atoms with Crippen molar-refractivity contribution in [3.05, 3.63) is 52.0 Å². The fraction of sp³-hybridized carbons (Fsp3) is 0.231. The van der Waals surface area contributed by atoms with Crippen LogP contribution in [0.25, 0.3) is 0 Å². The average Bonchev–Trinajstić information content (AvgIpc) is 2.85. The van der Waals surface area contributed by atoms with Crippen LogP contribution in [0.3, 0.4) is 0 Å². The monoisotopic (exact) mass is 294 g/mol. The molecule has 7 heteroatoms. The lowest BCUT2D eigenvalue weighted by molar-refractivity contribution is -0.384. The number of hydrogen-bond donors (Lipinski definition) is 2. The second-order valence-corrected chi connectivity index (χ2v) is 4.98. The molecule has 0 aliphatic heterocycles. The first kappa shape index (κ1) is 14.3. The molecule has 1 heterocycles. The molecule has 1 aromatic carbocycles. The van der Waals surface area contributed by atoms with Gasteiger partial charge in [-0.3, -0.25) is 10.1 Å². The normalized spacial score (nSPS) is 10.4. The molecule has 106 valence electrons. The van der Waals surface area contributed by atoms with Crippen LogP contribution >= 0.6 is 11.8 Å². The van der Waals surface area contributed by atoms with Crippen LogP contribution in [0.4, 0.5) is 11.4 Å². The number of nitrogens with one attached hydrogen (secondary N) is 1. The number of thioether (sulfide) groups is 1. The predicted molar refractivity (Wildman–Crippen MR) is 78.0 cm³/mol. The van der Waals surface area contributed by atoms with Crippen LogP contribution in [0, 0.1) is 10.1 Å². The lowest BCUT2D eigenvalue weighted by atomic mass is 10.2. The van der Waals surface area contributed by atoms with Gasteiger partial charge >= 0.3 is 0 Å². The van der Waals surface area contributed by atoms with Gasteiger partial charge in [0, 0.05) is 0 Å². The summed E-state index contributed by atoms with van der Waals surface area (Å²) in [5.41, 5.74) is 0.177. The molecular weight excluding hydrogens is 280 g/mol. The van der Waals surface area contributed by atoms with Gasteiger partial charge in [0.1, 0.15) is 23.0 Å². The molecule has 0 spiro atoms. The van der Waals surface area contributed by atoms with Crippen molar-refractivity contribution in [3.63, 3.8) is 0 Å². The Bertz CT molecular complexity index is 612. The minimum Gasteiger partial charge on any atom is -0.508 e. The van der Waals surface area contributed by atoms with Crippen molar-refractivity contribution < 1.29 is 14.4 Å². The van der Waals surface area contributed by atoms with Crippen molar-refractivity contribution in [1.82, 2.24) is 0 Å². The summed E-state index contributed by atoms with van der Waals surface area (Å²) in [6, 6.07) is 7.71. The largest absolute Gasteiger partial charge is 0.508 e. The van der Waals surface area contributed by atoms with E-state index in [9.17, 15) is 15.2 Å². The van der Waals surface area contributed by atoms with Gasteiger partial charge in [0.2, 0.25) is 0 Å². The molecule has 20 heavy (non-hydrogen) atoms. The minimum atomic E-state index is -0.538. The van der Waals surface area contributed by atoms with E-state index in [1.807, 2.05) is 18.4 Å². The van der Waals surface area contributed by atoms with Crippen LogP contribution in [0.2, 0.25) is 0 Å². The molecular formula is C13H14N2O4S. The molecule has 0 atom stereocenters. The number of nitro groups is 1. The lowest BCUT2D eigenvalue weighted by Gasteiger charge is -2.05. The maximum Gasteiger partial charge on any atom is 0.296 e. The molecule has 0 aliphatic carbocycles. The number of nitro benzene ring substituents is 1. The fourth-order valence-corrected chi connectivity index (χ4v) is 2.18. The highest BCUT2D eigenvalue weighted by Crippen LogP contribution is 2.28. The zero-order valence-electron chi connectivity index (χ0n) is 10.8. The highest BCUT2D eigenvalue weighted by Gasteiger charge is 2.14. The maximum atomic E-state index is 10.9. The zero-order chi connectivity index (χ0) is 14.5. The number of phenols is 1. The highest BCUT2D eigenvalue weighted by atomic mass is 32.2. The first-order valence-corrected chi connectivity index (χ1v) is 7.27. The third kappa shape index (κ3) is 3.45.